The summed E-state index contributed by atoms with van der Waals surface area (Å²) in [5, 5.41) is 8.26. The minimum Gasteiger partial charge on any atom is -0.457 e. The van der Waals surface area contributed by atoms with Crippen molar-refractivity contribution in [3.05, 3.63) is 98.9 Å². The second kappa shape index (κ2) is 9.87. The van der Waals surface area contributed by atoms with Gasteiger partial charge >= 0.3 is 0 Å². The van der Waals surface area contributed by atoms with E-state index < -0.39 is 0 Å². The Morgan fingerprint density at radius 3 is 2.34 bits per heavy atom. The molecule has 0 unspecified atom stereocenters. The van der Waals surface area contributed by atoms with Crippen LogP contribution in [0.5, 0.6) is 0 Å². The largest absolute Gasteiger partial charge is 0.457 e. The zero-order valence-corrected chi connectivity index (χ0v) is 18.8. The molecule has 2 aromatic carbocycles. The molecule has 0 atom stereocenters. The summed E-state index contributed by atoms with van der Waals surface area (Å²) in [4.78, 5) is 24.9. The van der Waals surface area contributed by atoms with E-state index in [2.05, 4.69) is 10.6 Å². The number of rotatable bonds is 6. The molecule has 0 radical (unpaired) electrons. The molecular formula is C24H16Cl2N2O3S. The Hall–Kier alpha value is -3.32. The van der Waals surface area contributed by atoms with E-state index in [0.717, 1.165) is 0 Å². The number of anilines is 2. The Morgan fingerprint density at radius 1 is 0.875 bits per heavy atom. The van der Waals surface area contributed by atoms with Crippen molar-refractivity contribution in [2.75, 3.05) is 10.6 Å². The van der Waals surface area contributed by atoms with Gasteiger partial charge in [-0.25, -0.2) is 0 Å². The second-order valence-corrected chi connectivity index (χ2v) is 8.37. The average molecular weight is 483 g/mol. The van der Waals surface area contributed by atoms with E-state index >= 15 is 0 Å². The predicted octanol–water partition coefficient (Wildman–Crippen LogP) is 7.22. The van der Waals surface area contributed by atoms with Gasteiger partial charge in [-0.3, -0.25) is 9.59 Å². The fraction of sp³-hybridized carbons (Fsp3) is 0. The van der Waals surface area contributed by atoms with Crippen molar-refractivity contribution in [3.63, 3.8) is 0 Å². The van der Waals surface area contributed by atoms with Crippen LogP contribution in [0.1, 0.15) is 15.4 Å². The third-order valence-corrected chi connectivity index (χ3v) is 6.09. The maximum absolute atomic E-state index is 12.2. The topological polar surface area (TPSA) is 71.3 Å². The van der Waals surface area contributed by atoms with Gasteiger partial charge in [-0.15, -0.1) is 11.3 Å². The summed E-state index contributed by atoms with van der Waals surface area (Å²) in [6, 6.07) is 19.2. The minimum atomic E-state index is -0.320. The first kappa shape index (κ1) is 21.9. The summed E-state index contributed by atoms with van der Waals surface area (Å²) in [7, 11) is 0. The summed E-state index contributed by atoms with van der Waals surface area (Å²) in [5.41, 5.74) is 1.91. The van der Waals surface area contributed by atoms with Gasteiger partial charge in [-0.05, 0) is 66.1 Å². The summed E-state index contributed by atoms with van der Waals surface area (Å²) >= 11 is 13.6. The number of furan rings is 1. The van der Waals surface area contributed by atoms with Crippen LogP contribution in [0.4, 0.5) is 11.4 Å². The second-order valence-electron chi connectivity index (χ2n) is 6.63. The van der Waals surface area contributed by atoms with Crippen molar-refractivity contribution in [2.24, 2.45) is 0 Å². The Balaban J connectivity index is 1.35. The number of halogens is 2. The van der Waals surface area contributed by atoms with Crippen molar-refractivity contribution in [1.29, 1.82) is 0 Å². The van der Waals surface area contributed by atoms with Gasteiger partial charge in [0.15, 0.2) is 0 Å². The first-order valence-electron chi connectivity index (χ1n) is 9.48. The molecule has 0 aliphatic heterocycles. The lowest BCUT2D eigenvalue weighted by Crippen LogP contribution is -2.10. The van der Waals surface area contributed by atoms with E-state index in [4.69, 9.17) is 27.6 Å². The molecule has 4 aromatic rings. The highest BCUT2D eigenvalue weighted by molar-refractivity contribution is 7.12. The smallest absolute Gasteiger partial charge is 0.265 e. The maximum Gasteiger partial charge on any atom is 0.265 e. The normalized spacial score (nSPS) is 10.9. The van der Waals surface area contributed by atoms with Gasteiger partial charge in [0.2, 0.25) is 5.91 Å². The quantitative estimate of drug-likeness (QED) is 0.285. The van der Waals surface area contributed by atoms with Crippen LogP contribution in [0, 0.1) is 0 Å². The van der Waals surface area contributed by atoms with Crippen molar-refractivity contribution < 1.29 is 14.0 Å². The Bertz CT molecular complexity index is 1280. The molecule has 0 saturated carbocycles. The summed E-state index contributed by atoms with van der Waals surface area (Å²) in [5.74, 6) is 0.561. The van der Waals surface area contributed by atoms with Gasteiger partial charge in [0.1, 0.15) is 11.5 Å². The third-order valence-electron chi connectivity index (χ3n) is 4.40. The molecule has 0 saturated heterocycles. The van der Waals surface area contributed by atoms with Crippen LogP contribution in [-0.2, 0) is 4.79 Å². The molecule has 0 bridgehead atoms. The van der Waals surface area contributed by atoms with E-state index in [1.54, 1.807) is 66.7 Å². The number of carbonyl (C=O) groups is 2. The van der Waals surface area contributed by atoms with Gasteiger partial charge in [0, 0.05) is 23.0 Å². The van der Waals surface area contributed by atoms with Gasteiger partial charge in [0.05, 0.1) is 14.9 Å². The Labute approximate surface area is 198 Å². The zero-order chi connectivity index (χ0) is 22.5. The van der Waals surface area contributed by atoms with Gasteiger partial charge in [-0.2, -0.15) is 0 Å². The zero-order valence-electron chi connectivity index (χ0n) is 16.5. The lowest BCUT2D eigenvalue weighted by atomic mass is 10.2. The van der Waals surface area contributed by atoms with Crippen molar-refractivity contribution in [3.8, 4) is 11.3 Å². The molecule has 2 aromatic heterocycles. The highest BCUT2D eigenvalue weighted by Gasteiger charge is 2.10. The van der Waals surface area contributed by atoms with Gasteiger partial charge in [0.25, 0.3) is 5.91 Å². The molecular weight excluding hydrogens is 467 g/mol. The molecule has 8 heteroatoms. The molecule has 2 amide bonds. The fourth-order valence-electron chi connectivity index (χ4n) is 2.86. The molecule has 0 aliphatic rings. The fourth-order valence-corrected chi connectivity index (χ4v) is 3.87. The average Bonchev–Trinajstić information content (AvgIpc) is 3.48. The SMILES string of the molecule is O=C(C=Cc1ccc(-c2cccc(Cl)c2Cl)o1)Nc1ccc(NC(=O)c2cccs2)cc1. The molecule has 5 nitrogen and oxygen atoms in total. The monoisotopic (exact) mass is 482 g/mol. The predicted molar refractivity (Wildman–Crippen MR) is 131 cm³/mol. The molecule has 0 spiro atoms. The third kappa shape index (κ3) is 5.29. The van der Waals surface area contributed by atoms with Crippen LogP contribution in [0.15, 0.2) is 82.6 Å². The van der Waals surface area contributed by atoms with E-state index in [1.807, 2.05) is 11.4 Å². The summed E-state index contributed by atoms with van der Waals surface area (Å²) in [6.07, 6.45) is 2.93. The van der Waals surface area contributed by atoms with Crippen molar-refractivity contribution in [1.82, 2.24) is 0 Å². The number of thiophene rings is 1. The van der Waals surface area contributed by atoms with Gasteiger partial charge < -0.3 is 15.1 Å². The van der Waals surface area contributed by atoms with Crippen molar-refractivity contribution >= 4 is 63.8 Å². The lowest BCUT2D eigenvalue weighted by molar-refractivity contribution is -0.111. The maximum atomic E-state index is 12.2. The number of hydrogen-bond donors (Lipinski definition) is 2. The molecule has 2 heterocycles. The number of hydrogen-bond acceptors (Lipinski definition) is 4. The van der Waals surface area contributed by atoms with Crippen LogP contribution in [0.3, 0.4) is 0 Å². The van der Waals surface area contributed by atoms with E-state index in [-0.39, 0.29) is 11.8 Å². The van der Waals surface area contributed by atoms with Crippen LogP contribution in [0.25, 0.3) is 17.4 Å². The Kier molecular flexibility index (Phi) is 6.75. The van der Waals surface area contributed by atoms with E-state index in [1.165, 1.54) is 17.4 Å². The van der Waals surface area contributed by atoms with Gasteiger partial charge in [-0.1, -0.05) is 35.3 Å². The van der Waals surface area contributed by atoms with Crippen molar-refractivity contribution in [2.45, 2.75) is 0 Å². The summed E-state index contributed by atoms with van der Waals surface area (Å²) < 4.78 is 5.74. The van der Waals surface area contributed by atoms with Crippen LogP contribution >= 0.6 is 34.5 Å². The van der Waals surface area contributed by atoms with Crippen LogP contribution < -0.4 is 10.6 Å². The molecule has 160 valence electrons. The first-order valence-corrected chi connectivity index (χ1v) is 11.1. The highest BCUT2D eigenvalue weighted by atomic mass is 35.5. The molecule has 0 fully saturated rings. The molecule has 4 rings (SSSR count). The van der Waals surface area contributed by atoms with E-state index in [9.17, 15) is 9.59 Å². The number of nitrogens with one attached hydrogen (secondary N) is 2. The van der Waals surface area contributed by atoms with Crippen LogP contribution in [-0.4, -0.2) is 11.8 Å². The lowest BCUT2D eigenvalue weighted by Gasteiger charge is -2.06. The highest BCUT2D eigenvalue weighted by Crippen LogP contribution is 2.34. The molecule has 2 N–H and O–H groups in total. The number of carbonyl (C=O) groups excluding carboxylic acids is 2. The number of amides is 2. The first-order chi connectivity index (χ1) is 15.5. The Morgan fingerprint density at radius 2 is 1.62 bits per heavy atom. The molecule has 0 aliphatic carbocycles. The standard InChI is InChI=1S/C24H16Cl2N2O3S/c25-19-4-1-3-18(23(19)26)20-12-10-17(31-20)11-13-22(29)27-15-6-8-16(9-7-15)28-24(30)21-5-2-14-32-21/h1-14H,(H,27,29)(H,28,30). The van der Waals surface area contributed by atoms with E-state index in [0.29, 0.717) is 43.4 Å². The van der Waals surface area contributed by atoms with Crippen LogP contribution in [0.2, 0.25) is 10.0 Å². The number of benzene rings is 2. The molecule has 32 heavy (non-hydrogen) atoms. The summed E-state index contributed by atoms with van der Waals surface area (Å²) in [6.45, 7) is 0. The minimum absolute atomic E-state index is 0.170.